The Morgan fingerprint density at radius 2 is 1.79 bits per heavy atom. The lowest BCUT2D eigenvalue weighted by atomic mass is 10.1. The van der Waals surface area contributed by atoms with Gasteiger partial charge < -0.3 is 15.4 Å². The zero-order valence-corrected chi connectivity index (χ0v) is 18.5. The summed E-state index contributed by atoms with van der Waals surface area (Å²) in [5, 5.41) is 6.58. The van der Waals surface area contributed by atoms with Crippen molar-refractivity contribution in [2.24, 2.45) is 4.99 Å². The molecule has 0 atom stereocenters. The smallest absolute Gasteiger partial charge is 0.218 e. The topological polar surface area (TPSA) is 83.0 Å². The number of hydrogen-bond acceptors (Lipinski definition) is 5. The first-order valence-electron chi connectivity index (χ1n) is 9.60. The molecule has 2 aromatic rings. The summed E-state index contributed by atoms with van der Waals surface area (Å²) in [5.74, 6) is 0.674. The van der Waals surface area contributed by atoms with Gasteiger partial charge in [-0.05, 0) is 30.2 Å². The van der Waals surface area contributed by atoms with Crippen molar-refractivity contribution in [1.82, 2.24) is 14.9 Å². The number of rotatable bonds is 7. The predicted molar refractivity (Wildman–Crippen MR) is 118 cm³/mol. The number of ether oxygens (including phenoxy) is 1. The van der Waals surface area contributed by atoms with Crippen LogP contribution in [0.2, 0.25) is 0 Å². The van der Waals surface area contributed by atoms with Crippen LogP contribution in [0.3, 0.4) is 0 Å². The molecule has 0 radical (unpaired) electrons. The number of sulfonamides is 1. The van der Waals surface area contributed by atoms with Crippen LogP contribution in [0, 0.1) is 6.92 Å². The molecule has 158 valence electrons. The number of aliphatic imine (C=N–C) groups is 1. The second kappa shape index (κ2) is 10.2. The Morgan fingerprint density at radius 3 is 2.45 bits per heavy atom. The quantitative estimate of drug-likeness (QED) is 0.513. The molecule has 0 spiro atoms. The first-order chi connectivity index (χ1) is 14.0. The van der Waals surface area contributed by atoms with Crippen molar-refractivity contribution < 1.29 is 13.2 Å². The molecule has 1 fully saturated rings. The monoisotopic (exact) mass is 436 g/mol. The minimum Gasteiger partial charge on any atom is -0.379 e. The molecular formula is C20H28N4O3S2. The molecule has 1 aromatic heterocycles. The van der Waals surface area contributed by atoms with Crippen LogP contribution in [0.25, 0.3) is 0 Å². The van der Waals surface area contributed by atoms with Crippen LogP contribution < -0.4 is 10.6 Å². The van der Waals surface area contributed by atoms with Gasteiger partial charge in [0.1, 0.15) is 0 Å². The van der Waals surface area contributed by atoms with Crippen LogP contribution in [0.5, 0.6) is 0 Å². The molecule has 0 aliphatic carbocycles. The highest BCUT2D eigenvalue weighted by Crippen LogP contribution is 2.17. The standard InChI is InChI=1S/C20H28N4O3S2/c1-16-7-8-19(28-16)14-23-20(21-2)22-13-17-5-3-4-6-18(17)15-29(25,26)24-9-11-27-12-10-24/h3-8H,9-15H2,1-2H3,(H2,21,22,23). The molecule has 1 aliphatic heterocycles. The SMILES string of the molecule is CN=C(NCc1ccc(C)s1)NCc1ccccc1CS(=O)(=O)N1CCOCC1. The summed E-state index contributed by atoms with van der Waals surface area (Å²) in [6.45, 7) is 5.03. The molecule has 0 saturated carbocycles. The number of aryl methyl sites for hydroxylation is 1. The third-order valence-electron chi connectivity index (χ3n) is 4.72. The van der Waals surface area contributed by atoms with E-state index < -0.39 is 10.0 Å². The van der Waals surface area contributed by atoms with Crippen molar-refractivity contribution in [1.29, 1.82) is 0 Å². The highest BCUT2D eigenvalue weighted by Gasteiger charge is 2.25. The number of nitrogens with one attached hydrogen (secondary N) is 2. The average molecular weight is 437 g/mol. The molecule has 0 amide bonds. The molecule has 3 rings (SSSR count). The number of morpholine rings is 1. The Labute approximate surface area is 176 Å². The van der Waals surface area contributed by atoms with Gasteiger partial charge in [-0.15, -0.1) is 11.3 Å². The molecule has 2 heterocycles. The number of hydrogen-bond donors (Lipinski definition) is 2. The summed E-state index contributed by atoms with van der Waals surface area (Å²) in [6, 6.07) is 11.8. The molecule has 0 bridgehead atoms. The molecular weight excluding hydrogens is 408 g/mol. The van der Waals surface area contributed by atoms with Crippen molar-refractivity contribution in [3.63, 3.8) is 0 Å². The number of benzene rings is 1. The van der Waals surface area contributed by atoms with Gasteiger partial charge in [-0.2, -0.15) is 4.31 Å². The lowest BCUT2D eigenvalue weighted by Crippen LogP contribution is -2.41. The van der Waals surface area contributed by atoms with Gasteiger partial charge in [0.15, 0.2) is 5.96 Å². The maximum atomic E-state index is 12.8. The fraction of sp³-hybridized carbons (Fsp3) is 0.450. The van der Waals surface area contributed by atoms with E-state index in [0.29, 0.717) is 45.4 Å². The van der Waals surface area contributed by atoms with Gasteiger partial charge >= 0.3 is 0 Å². The van der Waals surface area contributed by atoms with E-state index in [-0.39, 0.29) is 5.75 Å². The Kier molecular flexibility index (Phi) is 7.65. The van der Waals surface area contributed by atoms with E-state index in [9.17, 15) is 8.42 Å². The highest BCUT2D eigenvalue weighted by atomic mass is 32.2. The molecule has 9 heteroatoms. The Balaban J connectivity index is 1.60. The lowest BCUT2D eigenvalue weighted by Gasteiger charge is -2.26. The first-order valence-corrected chi connectivity index (χ1v) is 12.0. The van der Waals surface area contributed by atoms with E-state index in [1.54, 1.807) is 18.4 Å². The largest absolute Gasteiger partial charge is 0.379 e. The van der Waals surface area contributed by atoms with Gasteiger partial charge in [-0.25, -0.2) is 8.42 Å². The van der Waals surface area contributed by atoms with Crippen molar-refractivity contribution in [2.75, 3.05) is 33.4 Å². The van der Waals surface area contributed by atoms with Gasteiger partial charge in [-0.3, -0.25) is 4.99 Å². The molecule has 0 unspecified atom stereocenters. The van der Waals surface area contributed by atoms with Crippen molar-refractivity contribution in [3.8, 4) is 0 Å². The van der Waals surface area contributed by atoms with Crippen molar-refractivity contribution >= 4 is 27.3 Å². The lowest BCUT2D eigenvalue weighted by molar-refractivity contribution is 0.0729. The highest BCUT2D eigenvalue weighted by molar-refractivity contribution is 7.88. The van der Waals surface area contributed by atoms with Crippen molar-refractivity contribution in [3.05, 3.63) is 57.3 Å². The van der Waals surface area contributed by atoms with Crippen LogP contribution in [-0.4, -0.2) is 52.0 Å². The Morgan fingerprint density at radius 1 is 1.10 bits per heavy atom. The maximum Gasteiger partial charge on any atom is 0.218 e. The summed E-state index contributed by atoms with van der Waals surface area (Å²) < 4.78 is 32.3. The van der Waals surface area contributed by atoms with Crippen LogP contribution in [0.4, 0.5) is 0 Å². The summed E-state index contributed by atoms with van der Waals surface area (Å²) in [5.41, 5.74) is 1.75. The summed E-state index contributed by atoms with van der Waals surface area (Å²) >= 11 is 1.75. The fourth-order valence-electron chi connectivity index (χ4n) is 3.13. The fourth-order valence-corrected chi connectivity index (χ4v) is 5.53. The first kappa shape index (κ1) is 21.8. The van der Waals surface area contributed by atoms with Gasteiger partial charge in [0.25, 0.3) is 0 Å². The second-order valence-corrected chi connectivity index (χ2v) is 10.2. The third-order valence-corrected chi connectivity index (χ3v) is 7.54. The molecule has 1 saturated heterocycles. The van der Waals surface area contributed by atoms with Crippen molar-refractivity contribution in [2.45, 2.75) is 25.8 Å². The second-order valence-electron chi connectivity index (χ2n) is 6.83. The number of guanidine groups is 1. The van der Waals surface area contributed by atoms with Gasteiger partial charge in [0, 0.05) is 36.4 Å². The van der Waals surface area contributed by atoms with E-state index in [0.717, 1.165) is 11.1 Å². The Hall–Kier alpha value is -1.94. The summed E-state index contributed by atoms with van der Waals surface area (Å²) in [4.78, 5) is 6.78. The van der Waals surface area contributed by atoms with Crippen LogP contribution in [0.1, 0.15) is 20.9 Å². The van der Waals surface area contributed by atoms with E-state index in [4.69, 9.17) is 4.74 Å². The van der Waals surface area contributed by atoms with Crippen LogP contribution in [-0.2, 0) is 33.6 Å². The molecule has 7 nitrogen and oxygen atoms in total. The maximum absolute atomic E-state index is 12.8. The molecule has 29 heavy (non-hydrogen) atoms. The molecule has 2 N–H and O–H groups in total. The molecule has 1 aliphatic rings. The average Bonchev–Trinajstić information content (AvgIpc) is 3.15. The van der Waals surface area contributed by atoms with E-state index in [1.165, 1.54) is 14.1 Å². The summed E-state index contributed by atoms with van der Waals surface area (Å²) in [7, 11) is -1.64. The zero-order valence-electron chi connectivity index (χ0n) is 16.8. The molecule has 1 aromatic carbocycles. The van der Waals surface area contributed by atoms with Crippen LogP contribution >= 0.6 is 11.3 Å². The number of nitrogens with zero attached hydrogens (tertiary/aromatic N) is 2. The van der Waals surface area contributed by atoms with E-state index >= 15 is 0 Å². The number of thiophene rings is 1. The third kappa shape index (κ3) is 6.27. The Bertz CT molecular complexity index is 935. The van der Waals surface area contributed by atoms with E-state index in [2.05, 4.69) is 34.7 Å². The van der Waals surface area contributed by atoms with E-state index in [1.807, 2.05) is 24.3 Å². The minimum atomic E-state index is -3.37. The zero-order chi connectivity index (χ0) is 20.7. The summed E-state index contributed by atoms with van der Waals surface area (Å²) in [6.07, 6.45) is 0. The van der Waals surface area contributed by atoms with Gasteiger partial charge in [0.05, 0.1) is 25.5 Å². The normalized spacial score (nSPS) is 16.0. The van der Waals surface area contributed by atoms with Gasteiger partial charge in [0.2, 0.25) is 10.0 Å². The predicted octanol–water partition coefficient (Wildman–Crippen LogP) is 2.08. The van der Waals surface area contributed by atoms with Gasteiger partial charge in [-0.1, -0.05) is 24.3 Å². The minimum absolute atomic E-state index is 0.00858. The van der Waals surface area contributed by atoms with Crippen LogP contribution in [0.15, 0.2) is 41.4 Å².